The number of aromatic nitrogens is 3. The largest absolute Gasteiger partial charge is 0.334 e. The molecule has 3 heterocycles. The van der Waals surface area contributed by atoms with Crippen LogP contribution in [0.3, 0.4) is 0 Å². The van der Waals surface area contributed by atoms with Crippen molar-refractivity contribution < 1.29 is 9.18 Å². The minimum Gasteiger partial charge on any atom is -0.334 e. The molecule has 0 unspecified atom stereocenters. The number of benzene rings is 1. The maximum atomic E-state index is 13.6. The lowest BCUT2D eigenvalue weighted by atomic mass is 10.1. The number of hydrogen-bond acceptors (Lipinski definition) is 4. The topological polar surface area (TPSA) is 54.3 Å². The molecular weight excluding hydrogens is 321 g/mol. The second kappa shape index (κ2) is 6.55. The monoisotopic (exact) mass is 343 g/mol. The Balaban J connectivity index is 1.51. The Morgan fingerprint density at radius 1 is 1.28 bits per heavy atom. The lowest BCUT2D eigenvalue weighted by Crippen LogP contribution is -2.52. The van der Waals surface area contributed by atoms with E-state index in [4.69, 9.17) is 0 Å². The molecular formula is C18H22FN5O. The van der Waals surface area contributed by atoms with Gasteiger partial charge in [-0.25, -0.2) is 9.07 Å². The van der Waals surface area contributed by atoms with E-state index in [0.717, 1.165) is 24.2 Å². The highest BCUT2D eigenvalue weighted by Crippen LogP contribution is 2.24. The average Bonchev–Trinajstić information content (AvgIpc) is 3.26. The van der Waals surface area contributed by atoms with Crippen LogP contribution in [0.5, 0.6) is 0 Å². The van der Waals surface area contributed by atoms with Gasteiger partial charge in [-0.2, -0.15) is 0 Å². The first kappa shape index (κ1) is 16.2. The van der Waals surface area contributed by atoms with Gasteiger partial charge in [0.05, 0.1) is 11.9 Å². The van der Waals surface area contributed by atoms with Gasteiger partial charge >= 0.3 is 0 Å². The van der Waals surface area contributed by atoms with Crippen molar-refractivity contribution in [2.75, 3.05) is 26.2 Å². The Labute approximate surface area is 146 Å². The zero-order valence-corrected chi connectivity index (χ0v) is 14.3. The van der Waals surface area contributed by atoms with Crippen LogP contribution in [0, 0.1) is 0 Å². The number of alkyl halides is 1. The summed E-state index contributed by atoms with van der Waals surface area (Å²) in [5.41, 5.74) is 2.44. The summed E-state index contributed by atoms with van der Waals surface area (Å²) < 4.78 is 15.2. The molecule has 25 heavy (non-hydrogen) atoms. The molecule has 0 aliphatic carbocycles. The summed E-state index contributed by atoms with van der Waals surface area (Å²) in [6, 6.07) is 8.09. The summed E-state index contributed by atoms with van der Waals surface area (Å²) >= 11 is 0. The molecule has 4 rings (SSSR count). The molecule has 2 atom stereocenters. The number of rotatable bonds is 3. The van der Waals surface area contributed by atoms with E-state index in [1.165, 1.54) is 0 Å². The summed E-state index contributed by atoms with van der Waals surface area (Å²) in [6.45, 7) is 4.49. The van der Waals surface area contributed by atoms with Crippen LogP contribution < -0.4 is 0 Å². The van der Waals surface area contributed by atoms with Crippen molar-refractivity contribution in [2.24, 2.45) is 0 Å². The molecule has 6 nitrogen and oxygen atoms in total. The van der Waals surface area contributed by atoms with Gasteiger partial charge < -0.3 is 4.90 Å². The minimum absolute atomic E-state index is 0.123. The van der Waals surface area contributed by atoms with Gasteiger partial charge in [0.15, 0.2) is 5.69 Å². The molecule has 0 bridgehead atoms. The first-order chi connectivity index (χ1) is 12.2. The summed E-state index contributed by atoms with van der Waals surface area (Å²) in [5, 5.41) is 8.22. The fraction of sp³-hybridized carbons (Fsp3) is 0.500. The van der Waals surface area contributed by atoms with Crippen LogP contribution in [-0.2, 0) is 6.42 Å². The van der Waals surface area contributed by atoms with Crippen molar-refractivity contribution in [1.82, 2.24) is 24.8 Å². The Bertz CT molecular complexity index is 776. The predicted molar refractivity (Wildman–Crippen MR) is 91.5 cm³/mol. The summed E-state index contributed by atoms with van der Waals surface area (Å²) in [5.74, 6) is -0.123. The number of para-hydroxylation sites is 1. The second-order valence-electron chi connectivity index (χ2n) is 6.76. The molecule has 1 aromatic heterocycles. The molecule has 7 heteroatoms. The van der Waals surface area contributed by atoms with E-state index >= 15 is 0 Å². The molecule has 1 aromatic carbocycles. The maximum Gasteiger partial charge on any atom is 0.276 e. The third-order valence-corrected chi connectivity index (χ3v) is 5.18. The first-order valence-electron chi connectivity index (χ1n) is 8.83. The third kappa shape index (κ3) is 3.04. The number of amides is 1. The summed E-state index contributed by atoms with van der Waals surface area (Å²) in [6.07, 6.45) is 2.32. The molecule has 2 fully saturated rings. The van der Waals surface area contributed by atoms with Crippen LogP contribution in [0.15, 0.2) is 30.5 Å². The van der Waals surface area contributed by atoms with Crippen LogP contribution in [0.4, 0.5) is 4.39 Å². The van der Waals surface area contributed by atoms with Crippen molar-refractivity contribution in [3.05, 3.63) is 41.7 Å². The molecule has 2 aliphatic rings. The Morgan fingerprint density at radius 3 is 2.96 bits per heavy atom. The normalized spacial score (nSPS) is 23.7. The fourth-order valence-electron chi connectivity index (χ4n) is 3.84. The molecule has 0 saturated carbocycles. The minimum atomic E-state index is -0.772. The van der Waals surface area contributed by atoms with Gasteiger partial charge in [-0.3, -0.25) is 9.69 Å². The van der Waals surface area contributed by atoms with Crippen LogP contribution in [-0.4, -0.2) is 69.1 Å². The number of carbonyl (C=O) groups excluding carboxylic acids is 1. The van der Waals surface area contributed by atoms with Gasteiger partial charge in [0, 0.05) is 32.2 Å². The molecule has 0 radical (unpaired) electrons. The van der Waals surface area contributed by atoms with E-state index in [1.54, 1.807) is 15.8 Å². The van der Waals surface area contributed by atoms with E-state index < -0.39 is 6.17 Å². The van der Waals surface area contributed by atoms with Crippen molar-refractivity contribution in [3.8, 4) is 5.69 Å². The van der Waals surface area contributed by atoms with Gasteiger partial charge in [0.2, 0.25) is 0 Å². The van der Waals surface area contributed by atoms with Gasteiger partial charge in [0.1, 0.15) is 6.17 Å². The number of aryl methyl sites for hydroxylation is 1. The average molecular weight is 343 g/mol. The summed E-state index contributed by atoms with van der Waals surface area (Å²) in [7, 11) is 0. The highest BCUT2D eigenvalue weighted by molar-refractivity contribution is 5.92. The third-order valence-electron chi connectivity index (χ3n) is 5.18. The number of carbonyl (C=O) groups is 1. The van der Waals surface area contributed by atoms with Crippen LogP contribution >= 0.6 is 0 Å². The molecule has 0 N–H and O–H groups in total. The number of nitrogens with zero attached hydrogens (tertiary/aromatic N) is 5. The van der Waals surface area contributed by atoms with Crippen molar-refractivity contribution >= 4 is 5.91 Å². The smallest absolute Gasteiger partial charge is 0.276 e. The van der Waals surface area contributed by atoms with Crippen molar-refractivity contribution in [1.29, 1.82) is 0 Å². The fourth-order valence-corrected chi connectivity index (χ4v) is 3.84. The summed E-state index contributed by atoms with van der Waals surface area (Å²) in [4.78, 5) is 16.7. The molecule has 2 aromatic rings. The standard InChI is InChI=1S/C18H22FN5O/c1-2-13-5-3-4-6-17(13)24-12-16(20-21-24)18(25)23-8-7-22-10-14(19)9-15(22)11-23/h3-6,12,14-15H,2,7-11H2,1H3/t14-,15-/m0/s1. The maximum absolute atomic E-state index is 13.6. The number of piperazine rings is 1. The molecule has 132 valence electrons. The van der Waals surface area contributed by atoms with Gasteiger partial charge in [-0.1, -0.05) is 30.3 Å². The number of hydrogen-bond donors (Lipinski definition) is 0. The highest BCUT2D eigenvalue weighted by atomic mass is 19.1. The second-order valence-corrected chi connectivity index (χ2v) is 6.76. The van der Waals surface area contributed by atoms with E-state index in [-0.39, 0.29) is 11.9 Å². The molecule has 0 spiro atoms. The SMILES string of the molecule is CCc1ccccc1-n1cc(C(=O)N2CCN3C[C@@H](F)C[C@H]3C2)nn1. The Morgan fingerprint density at radius 2 is 2.12 bits per heavy atom. The van der Waals surface area contributed by atoms with Gasteiger partial charge in [-0.05, 0) is 24.5 Å². The lowest BCUT2D eigenvalue weighted by molar-refractivity contribution is 0.0565. The van der Waals surface area contributed by atoms with E-state index in [9.17, 15) is 9.18 Å². The number of halogens is 1. The van der Waals surface area contributed by atoms with Crippen LogP contribution in [0.25, 0.3) is 5.69 Å². The quantitative estimate of drug-likeness (QED) is 0.851. The Kier molecular flexibility index (Phi) is 4.25. The van der Waals surface area contributed by atoms with Crippen LogP contribution in [0.2, 0.25) is 0 Å². The number of fused-ring (bicyclic) bond motifs is 1. The Hall–Kier alpha value is -2.28. The van der Waals surface area contributed by atoms with E-state index in [0.29, 0.717) is 31.7 Å². The van der Waals surface area contributed by atoms with Gasteiger partial charge in [-0.15, -0.1) is 5.10 Å². The van der Waals surface area contributed by atoms with Crippen molar-refractivity contribution in [2.45, 2.75) is 32.0 Å². The van der Waals surface area contributed by atoms with E-state index in [2.05, 4.69) is 22.1 Å². The molecule has 1 amide bonds. The molecule has 2 aliphatic heterocycles. The zero-order chi connectivity index (χ0) is 17.4. The van der Waals surface area contributed by atoms with E-state index in [1.807, 2.05) is 24.3 Å². The van der Waals surface area contributed by atoms with Crippen LogP contribution in [0.1, 0.15) is 29.4 Å². The van der Waals surface area contributed by atoms with Crippen molar-refractivity contribution in [3.63, 3.8) is 0 Å². The zero-order valence-electron chi connectivity index (χ0n) is 14.3. The van der Waals surface area contributed by atoms with Gasteiger partial charge in [0.25, 0.3) is 5.91 Å². The lowest BCUT2D eigenvalue weighted by Gasteiger charge is -2.36. The first-order valence-corrected chi connectivity index (χ1v) is 8.83. The highest BCUT2D eigenvalue weighted by Gasteiger charge is 2.38. The predicted octanol–water partition coefficient (Wildman–Crippen LogP) is 1.70. The molecule has 2 saturated heterocycles.